The van der Waals surface area contributed by atoms with Crippen molar-refractivity contribution >= 4 is 17.9 Å². The van der Waals surface area contributed by atoms with E-state index < -0.39 is 6.10 Å². The molecule has 316 valence electrons. The number of unbranched alkanes of at least 4 members (excludes halogenated alkanes) is 19. The fraction of sp³-hybridized carbons (Fsp3) is 0.735. The van der Waals surface area contributed by atoms with Crippen LogP contribution in [0.15, 0.2) is 60.8 Å². The predicted octanol–water partition coefficient (Wildman–Crippen LogP) is 14.5. The van der Waals surface area contributed by atoms with Gasteiger partial charge in [0.25, 0.3) is 0 Å². The molecule has 0 N–H and O–H groups in total. The van der Waals surface area contributed by atoms with Gasteiger partial charge in [0, 0.05) is 19.3 Å². The van der Waals surface area contributed by atoms with Crippen molar-refractivity contribution in [1.82, 2.24) is 0 Å². The molecule has 0 unspecified atom stereocenters. The van der Waals surface area contributed by atoms with Gasteiger partial charge in [0.15, 0.2) is 6.10 Å². The van der Waals surface area contributed by atoms with Crippen molar-refractivity contribution in [3.8, 4) is 0 Å². The largest absolute Gasteiger partial charge is 0.462 e. The van der Waals surface area contributed by atoms with Crippen LogP contribution in [0.4, 0.5) is 0 Å². The van der Waals surface area contributed by atoms with E-state index in [4.69, 9.17) is 14.2 Å². The molecular formula is C49H84O6. The number of hydrogen-bond donors (Lipinski definition) is 0. The minimum absolute atomic E-state index is 0.0897. The maximum atomic E-state index is 12.7. The Hall–Kier alpha value is -2.89. The molecule has 0 radical (unpaired) electrons. The summed E-state index contributed by atoms with van der Waals surface area (Å²) in [4.78, 5) is 37.6. The van der Waals surface area contributed by atoms with Gasteiger partial charge < -0.3 is 14.2 Å². The quantitative estimate of drug-likeness (QED) is 0.0267. The Morgan fingerprint density at radius 2 is 0.709 bits per heavy atom. The van der Waals surface area contributed by atoms with Crippen molar-refractivity contribution in [2.24, 2.45) is 0 Å². The Bertz CT molecular complexity index is 1020. The zero-order chi connectivity index (χ0) is 40.1. The predicted molar refractivity (Wildman–Crippen MR) is 233 cm³/mol. The molecule has 0 spiro atoms. The first-order valence-corrected chi connectivity index (χ1v) is 22.8. The lowest BCUT2D eigenvalue weighted by molar-refractivity contribution is -0.167. The fourth-order valence-corrected chi connectivity index (χ4v) is 6.12. The molecule has 0 saturated heterocycles. The molecular weight excluding hydrogens is 685 g/mol. The van der Waals surface area contributed by atoms with E-state index in [1.165, 1.54) is 89.9 Å². The zero-order valence-corrected chi connectivity index (χ0v) is 35.9. The summed E-state index contributed by atoms with van der Waals surface area (Å²) in [7, 11) is 0. The lowest BCUT2D eigenvalue weighted by atomic mass is 10.1. The summed E-state index contributed by atoms with van der Waals surface area (Å²) in [5.41, 5.74) is 0. The molecule has 55 heavy (non-hydrogen) atoms. The van der Waals surface area contributed by atoms with E-state index in [0.29, 0.717) is 19.3 Å². The number of esters is 3. The molecule has 0 rings (SSSR count). The van der Waals surface area contributed by atoms with Crippen molar-refractivity contribution in [2.45, 2.75) is 219 Å². The maximum Gasteiger partial charge on any atom is 0.306 e. The lowest BCUT2D eigenvalue weighted by Gasteiger charge is -2.18. The van der Waals surface area contributed by atoms with Crippen LogP contribution < -0.4 is 0 Å². The van der Waals surface area contributed by atoms with Gasteiger partial charge in [0.1, 0.15) is 13.2 Å². The molecule has 0 fully saturated rings. The van der Waals surface area contributed by atoms with Gasteiger partial charge in [0.2, 0.25) is 0 Å². The highest BCUT2D eigenvalue weighted by molar-refractivity contribution is 5.71. The van der Waals surface area contributed by atoms with Gasteiger partial charge in [-0.05, 0) is 57.8 Å². The van der Waals surface area contributed by atoms with E-state index in [1.807, 2.05) is 0 Å². The summed E-state index contributed by atoms with van der Waals surface area (Å²) in [6.45, 7) is 6.43. The Kier molecular flexibility index (Phi) is 41.5. The molecule has 0 aliphatic heterocycles. The van der Waals surface area contributed by atoms with Crippen LogP contribution in [-0.2, 0) is 28.6 Å². The molecule has 0 aliphatic carbocycles. The molecule has 1 atom stereocenters. The summed E-state index contributed by atoms with van der Waals surface area (Å²) >= 11 is 0. The Labute approximate surface area is 339 Å². The van der Waals surface area contributed by atoms with E-state index in [0.717, 1.165) is 77.0 Å². The second-order valence-electron chi connectivity index (χ2n) is 14.9. The normalized spacial score (nSPS) is 12.6. The summed E-state index contributed by atoms with van der Waals surface area (Å²) in [6.07, 6.45) is 52.1. The van der Waals surface area contributed by atoms with E-state index in [2.05, 4.69) is 81.5 Å². The summed E-state index contributed by atoms with van der Waals surface area (Å²) in [6, 6.07) is 0. The standard InChI is InChI=1S/C49H84O6/c1-4-7-10-13-16-19-21-22-23-24-25-26-28-30-33-36-39-42-48(51)54-45-46(44-53-47(50)41-38-35-32-29-18-15-12-9-6-3)55-49(52)43-40-37-34-31-27-20-17-14-11-8-5-2/h7,10,16,19,22-23,25-26,30,33,46H,4-6,8-9,11-15,17-18,20-21,24,27-29,31-32,34-45H2,1-3H3/b10-7-,19-16-,23-22-,26-25-,33-30-/t46-/m1/s1. The number of carbonyl (C=O) groups is 3. The van der Waals surface area contributed by atoms with Crippen molar-refractivity contribution in [1.29, 1.82) is 0 Å². The third-order valence-electron chi connectivity index (χ3n) is 9.54. The van der Waals surface area contributed by atoms with Crippen LogP contribution in [-0.4, -0.2) is 37.2 Å². The number of allylic oxidation sites excluding steroid dienone is 10. The van der Waals surface area contributed by atoms with Gasteiger partial charge in [-0.15, -0.1) is 0 Å². The summed E-state index contributed by atoms with van der Waals surface area (Å²) in [5, 5.41) is 0. The van der Waals surface area contributed by atoms with Crippen LogP contribution in [0, 0.1) is 0 Å². The molecule has 0 aliphatic rings. The van der Waals surface area contributed by atoms with E-state index >= 15 is 0 Å². The van der Waals surface area contributed by atoms with Gasteiger partial charge in [-0.3, -0.25) is 14.4 Å². The van der Waals surface area contributed by atoms with Crippen molar-refractivity contribution in [3.63, 3.8) is 0 Å². The zero-order valence-electron chi connectivity index (χ0n) is 35.9. The molecule has 0 bridgehead atoms. The molecule has 0 aromatic carbocycles. The van der Waals surface area contributed by atoms with Crippen LogP contribution in [0.25, 0.3) is 0 Å². The van der Waals surface area contributed by atoms with Crippen LogP contribution in [0.3, 0.4) is 0 Å². The third-order valence-corrected chi connectivity index (χ3v) is 9.54. The van der Waals surface area contributed by atoms with Crippen molar-refractivity contribution < 1.29 is 28.6 Å². The first-order valence-electron chi connectivity index (χ1n) is 22.8. The van der Waals surface area contributed by atoms with Crippen LogP contribution in [0.1, 0.15) is 213 Å². The van der Waals surface area contributed by atoms with Gasteiger partial charge in [-0.25, -0.2) is 0 Å². The molecule has 0 amide bonds. The minimum atomic E-state index is -0.790. The highest BCUT2D eigenvalue weighted by atomic mass is 16.6. The summed E-state index contributed by atoms with van der Waals surface area (Å²) < 4.78 is 16.6. The first-order chi connectivity index (χ1) is 27.0. The van der Waals surface area contributed by atoms with Gasteiger partial charge >= 0.3 is 17.9 Å². The van der Waals surface area contributed by atoms with E-state index in [1.54, 1.807) is 0 Å². The molecule has 0 saturated carbocycles. The van der Waals surface area contributed by atoms with Crippen molar-refractivity contribution in [3.05, 3.63) is 60.8 Å². The monoisotopic (exact) mass is 769 g/mol. The first kappa shape index (κ1) is 52.1. The van der Waals surface area contributed by atoms with Crippen LogP contribution in [0.2, 0.25) is 0 Å². The summed E-state index contributed by atoms with van der Waals surface area (Å²) in [5.74, 6) is -0.956. The average Bonchev–Trinajstić information content (AvgIpc) is 3.18. The Morgan fingerprint density at radius 1 is 0.382 bits per heavy atom. The van der Waals surface area contributed by atoms with E-state index in [-0.39, 0.29) is 37.5 Å². The van der Waals surface area contributed by atoms with Crippen LogP contribution in [0.5, 0.6) is 0 Å². The fourth-order valence-electron chi connectivity index (χ4n) is 6.12. The van der Waals surface area contributed by atoms with Gasteiger partial charge in [-0.2, -0.15) is 0 Å². The second kappa shape index (κ2) is 43.8. The van der Waals surface area contributed by atoms with E-state index in [9.17, 15) is 14.4 Å². The number of ether oxygens (including phenoxy) is 3. The average molecular weight is 769 g/mol. The highest BCUT2D eigenvalue weighted by Gasteiger charge is 2.19. The molecule has 0 heterocycles. The highest BCUT2D eigenvalue weighted by Crippen LogP contribution is 2.14. The van der Waals surface area contributed by atoms with Gasteiger partial charge in [-0.1, -0.05) is 197 Å². The Balaban J connectivity index is 4.43. The third kappa shape index (κ3) is 42.1. The second-order valence-corrected chi connectivity index (χ2v) is 14.9. The smallest absolute Gasteiger partial charge is 0.306 e. The lowest BCUT2D eigenvalue weighted by Crippen LogP contribution is -2.30. The molecule has 0 aromatic heterocycles. The van der Waals surface area contributed by atoms with Crippen LogP contribution >= 0.6 is 0 Å². The maximum absolute atomic E-state index is 12.7. The Morgan fingerprint density at radius 3 is 1.11 bits per heavy atom. The minimum Gasteiger partial charge on any atom is -0.462 e. The number of rotatable bonds is 40. The molecule has 6 nitrogen and oxygen atoms in total. The van der Waals surface area contributed by atoms with Crippen molar-refractivity contribution in [2.75, 3.05) is 13.2 Å². The number of hydrogen-bond acceptors (Lipinski definition) is 6. The molecule has 0 aromatic rings. The van der Waals surface area contributed by atoms with Gasteiger partial charge in [0.05, 0.1) is 0 Å². The SMILES string of the molecule is CC/C=C\C/C=C\C/C=C\C/C=C\C/C=C\CCCC(=O)OC[C@@H](COC(=O)CCCCCCCCCCC)OC(=O)CCCCCCCCCCCCC. The molecule has 6 heteroatoms. The number of carbonyl (C=O) groups excluding carboxylic acids is 3. The topological polar surface area (TPSA) is 78.9 Å².